The Morgan fingerprint density at radius 3 is 2.32 bits per heavy atom. The van der Waals surface area contributed by atoms with Crippen LogP contribution in [0.2, 0.25) is 18.1 Å². The van der Waals surface area contributed by atoms with Gasteiger partial charge in [-0.25, -0.2) is 0 Å². The molecule has 0 aromatic carbocycles. The molecule has 0 aromatic heterocycles. The molecule has 2 unspecified atom stereocenters. The number of allylic oxidation sites excluding steroid dienone is 2. The van der Waals surface area contributed by atoms with Gasteiger partial charge in [0, 0.05) is 6.10 Å². The molecule has 2 atom stereocenters. The molecule has 0 aliphatic carbocycles. The number of hydrogen-bond donors (Lipinski definition) is 0. The first kappa shape index (κ1) is 19.9. The number of epoxide rings is 1. The summed E-state index contributed by atoms with van der Waals surface area (Å²) in [5.74, 6) is 0. The van der Waals surface area contributed by atoms with Crippen molar-refractivity contribution in [3.05, 3.63) is 11.6 Å². The fourth-order valence-corrected chi connectivity index (χ4v) is 3.98. The van der Waals surface area contributed by atoms with Gasteiger partial charge in [-0.15, -0.1) is 0 Å². The van der Waals surface area contributed by atoms with Crippen LogP contribution in [0.1, 0.15) is 74.1 Å². The van der Waals surface area contributed by atoms with Crippen molar-refractivity contribution in [1.29, 1.82) is 0 Å². The largest absolute Gasteiger partial charge is 0.414 e. The Bertz CT molecular complexity index is 391. The molecule has 1 aliphatic rings. The topological polar surface area (TPSA) is 21.8 Å². The molecule has 1 fully saturated rings. The highest BCUT2D eigenvalue weighted by molar-refractivity contribution is 6.74. The van der Waals surface area contributed by atoms with Crippen molar-refractivity contribution >= 4 is 8.32 Å². The van der Waals surface area contributed by atoms with Crippen LogP contribution in [0.3, 0.4) is 0 Å². The lowest BCUT2D eigenvalue weighted by molar-refractivity contribution is 0.190. The zero-order chi connectivity index (χ0) is 17.2. The SMILES string of the molecule is C/C(=C\CCC(C)O[Si](C)(C)C(C)(C)C)CCC1OC1(C)C. The number of ether oxygens (including phenoxy) is 1. The van der Waals surface area contributed by atoms with Crippen LogP contribution in [-0.4, -0.2) is 26.1 Å². The van der Waals surface area contributed by atoms with Crippen LogP contribution in [0, 0.1) is 0 Å². The summed E-state index contributed by atoms with van der Waals surface area (Å²) in [6.45, 7) is 20.4. The maximum Gasteiger partial charge on any atom is 0.192 e. The summed E-state index contributed by atoms with van der Waals surface area (Å²) in [6.07, 6.45) is 7.77. The Morgan fingerprint density at radius 1 is 1.32 bits per heavy atom. The minimum Gasteiger partial charge on any atom is -0.414 e. The highest BCUT2D eigenvalue weighted by atomic mass is 28.4. The monoisotopic (exact) mass is 326 g/mol. The maximum atomic E-state index is 6.41. The van der Waals surface area contributed by atoms with E-state index in [0.29, 0.717) is 17.2 Å². The van der Waals surface area contributed by atoms with Gasteiger partial charge in [0.25, 0.3) is 0 Å². The number of rotatable bonds is 8. The standard InChI is InChI=1S/C19H38O2Si/c1-15(13-14-17-19(6,7)20-17)11-10-12-16(2)21-22(8,9)18(3,4)5/h11,16-17H,10,12-14H2,1-9H3/b15-11+. The van der Waals surface area contributed by atoms with Gasteiger partial charge in [-0.05, 0) is 71.5 Å². The van der Waals surface area contributed by atoms with Gasteiger partial charge in [0.05, 0.1) is 11.7 Å². The van der Waals surface area contributed by atoms with E-state index in [1.54, 1.807) is 0 Å². The van der Waals surface area contributed by atoms with E-state index in [1.165, 1.54) is 5.57 Å². The van der Waals surface area contributed by atoms with Crippen LogP contribution >= 0.6 is 0 Å². The molecule has 0 aromatic rings. The van der Waals surface area contributed by atoms with Crippen molar-refractivity contribution in [2.45, 2.75) is 110 Å². The smallest absolute Gasteiger partial charge is 0.192 e. The number of hydrogen-bond acceptors (Lipinski definition) is 2. The van der Waals surface area contributed by atoms with E-state index in [-0.39, 0.29) is 5.60 Å². The predicted octanol–water partition coefficient (Wildman–Crippen LogP) is 6.08. The highest BCUT2D eigenvalue weighted by Crippen LogP contribution is 2.39. The molecule has 130 valence electrons. The van der Waals surface area contributed by atoms with Crippen LogP contribution in [0.25, 0.3) is 0 Å². The molecule has 0 N–H and O–H groups in total. The first-order valence-corrected chi connectivity index (χ1v) is 11.8. The summed E-state index contributed by atoms with van der Waals surface area (Å²) < 4.78 is 12.1. The summed E-state index contributed by atoms with van der Waals surface area (Å²) in [6, 6.07) is 0. The van der Waals surface area contributed by atoms with Gasteiger partial charge in [0.15, 0.2) is 8.32 Å². The molecule has 0 spiro atoms. The van der Waals surface area contributed by atoms with Crippen molar-refractivity contribution in [2.24, 2.45) is 0 Å². The maximum absolute atomic E-state index is 6.41. The van der Waals surface area contributed by atoms with Gasteiger partial charge >= 0.3 is 0 Å². The Labute approximate surface area is 139 Å². The summed E-state index contributed by atoms with van der Waals surface area (Å²) in [5.41, 5.74) is 1.62. The van der Waals surface area contributed by atoms with E-state index in [2.05, 4.69) is 67.6 Å². The minimum absolute atomic E-state index is 0.131. The Kier molecular flexibility index (Phi) is 6.51. The molecule has 2 nitrogen and oxygen atoms in total. The summed E-state index contributed by atoms with van der Waals surface area (Å²) in [7, 11) is -1.62. The Hall–Kier alpha value is -0.123. The average Bonchev–Trinajstić information content (AvgIpc) is 2.92. The van der Waals surface area contributed by atoms with Gasteiger partial charge < -0.3 is 9.16 Å². The molecular weight excluding hydrogens is 288 g/mol. The van der Waals surface area contributed by atoms with Gasteiger partial charge in [0.2, 0.25) is 0 Å². The van der Waals surface area contributed by atoms with Crippen LogP contribution < -0.4 is 0 Å². The molecular formula is C19H38O2Si. The molecule has 1 aliphatic heterocycles. The van der Waals surface area contributed by atoms with Crippen molar-refractivity contribution in [2.75, 3.05) is 0 Å². The van der Waals surface area contributed by atoms with Gasteiger partial charge in [-0.3, -0.25) is 0 Å². The third-order valence-corrected chi connectivity index (χ3v) is 9.94. The Morgan fingerprint density at radius 2 is 1.86 bits per heavy atom. The van der Waals surface area contributed by atoms with Crippen molar-refractivity contribution in [3.8, 4) is 0 Å². The third-order valence-electron chi connectivity index (χ3n) is 5.33. The molecule has 0 saturated carbocycles. The fraction of sp³-hybridized carbons (Fsp3) is 0.895. The van der Waals surface area contributed by atoms with Crippen LogP contribution in [-0.2, 0) is 9.16 Å². The molecule has 0 radical (unpaired) electrons. The van der Waals surface area contributed by atoms with Gasteiger partial charge in [0.1, 0.15) is 0 Å². The van der Waals surface area contributed by atoms with E-state index < -0.39 is 8.32 Å². The van der Waals surface area contributed by atoms with Crippen molar-refractivity contribution < 1.29 is 9.16 Å². The minimum atomic E-state index is -1.62. The first-order chi connectivity index (χ1) is 9.85. The summed E-state index contributed by atoms with van der Waals surface area (Å²) in [5, 5.41) is 0.296. The van der Waals surface area contributed by atoms with Crippen molar-refractivity contribution in [1.82, 2.24) is 0 Å². The lowest BCUT2D eigenvalue weighted by Crippen LogP contribution is -2.43. The summed E-state index contributed by atoms with van der Waals surface area (Å²) in [4.78, 5) is 0. The zero-order valence-electron chi connectivity index (χ0n) is 16.4. The summed E-state index contributed by atoms with van der Waals surface area (Å²) >= 11 is 0. The van der Waals surface area contributed by atoms with Gasteiger partial charge in [-0.2, -0.15) is 0 Å². The average molecular weight is 327 g/mol. The second kappa shape index (κ2) is 7.19. The quantitative estimate of drug-likeness (QED) is 0.306. The normalized spacial score (nSPS) is 23.5. The van der Waals surface area contributed by atoms with Crippen LogP contribution in [0.4, 0.5) is 0 Å². The third kappa shape index (κ3) is 6.17. The van der Waals surface area contributed by atoms with Crippen molar-refractivity contribution in [3.63, 3.8) is 0 Å². The molecule has 1 rings (SSSR count). The molecule has 0 amide bonds. The fourth-order valence-electron chi connectivity index (χ4n) is 2.50. The van der Waals surface area contributed by atoms with E-state index in [9.17, 15) is 0 Å². The Balaban J connectivity index is 2.26. The van der Waals surface area contributed by atoms with Gasteiger partial charge in [-0.1, -0.05) is 32.4 Å². The highest BCUT2D eigenvalue weighted by Gasteiger charge is 2.46. The van der Waals surface area contributed by atoms with E-state index in [4.69, 9.17) is 9.16 Å². The zero-order valence-corrected chi connectivity index (χ0v) is 17.4. The predicted molar refractivity (Wildman–Crippen MR) is 98.9 cm³/mol. The van der Waals surface area contributed by atoms with Crippen LogP contribution in [0.5, 0.6) is 0 Å². The van der Waals surface area contributed by atoms with E-state index in [0.717, 1.165) is 25.7 Å². The molecule has 22 heavy (non-hydrogen) atoms. The van der Waals surface area contributed by atoms with E-state index in [1.807, 2.05) is 0 Å². The second-order valence-corrected chi connectivity index (χ2v) is 13.8. The molecule has 0 bridgehead atoms. The molecule has 1 saturated heterocycles. The lowest BCUT2D eigenvalue weighted by atomic mass is 10.0. The lowest BCUT2D eigenvalue weighted by Gasteiger charge is -2.38. The van der Waals surface area contributed by atoms with E-state index >= 15 is 0 Å². The second-order valence-electron chi connectivity index (χ2n) is 9.07. The van der Waals surface area contributed by atoms with Crippen LogP contribution in [0.15, 0.2) is 11.6 Å². The first-order valence-electron chi connectivity index (χ1n) is 8.86. The molecule has 1 heterocycles. The molecule has 3 heteroatoms.